The number of hydrogen-bond acceptors (Lipinski definition) is 1. The van der Waals surface area contributed by atoms with Crippen LogP contribution in [0.5, 0.6) is 0 Å². The van der Waals surface area contributed by atoms with Gasteiger partial charge in [0.15, 0.2) is 0 Å². The van der Waals surface area contributed by atoms with Gasteiger partial charge in [0.2, 0.25) is 11.4 Å². The molecule has 0 amide bonds. The third-order valence-electron chi connectivity index (χ3n) is 5.40. The van der Waals surface area contributed by atoms with Crippen molar-refractivity contribution in [3.05, 3.63) is 95.7 Å². The molecule has 4 rings (SSSR count). The van der Waals surface area contributed by atoms with Crippen LogP contribution in [0.1, 0.15) is 16.8 Å². The van der Waals surface area contributed by atoms with Crippen LogP contribution in [-0.2, 0) is 7.05 Å². The number of aromatic nitrogens is 2. The van der Waals surface area contributed by atoms with Gasteiger partial charge in [0.25, 0.3) is 0 Å². The smallest absolute Gasteiger partial charge is 0.234 e. The molecule has 0 radical (unpaired) electrons. The topological polar surface area (TPSA) is 16.8 Å². The molecule has 0 aliphatic rings. The van der Waals surface area contributed by atoms with Crippen molar-refractivity contribution < 1.29 is 4.57 Å². The van der Waals surface area contributed by atoms with Crippen molar-refractivity contribution >= 4 is 0 Å². The van der Waals surface area contributed by atoms with Crippen molar-refractivity contribution in [2.45, 2.75) is 20.8 Å². The predicted octanol–water partition coefficient (Wildman–Crippen LogP) is 5.83. The van der Waals surface area contributed by atoms with Crippen molar-refractivity contribution in [1.29, 1.82) is 0 Å². The molecular weight excluding hydrogens is 340 g/mol. The largest absolute Gasteiger partial charge is 0.239 e. The van der Waals surface area contributed by atoms with E-state index in [2.05, 4.69) is 105 Å². The van der Waals surface area contributed by atoms with E-state index >= 15 is 0 Å². The second kappa shape index (κ2) is 7.40. The molecule has 0 unspecified atom stereocenters. The summed E-state index contributed by atoms with van der Waals surface area (Å²) in [4.78, 5) is 5.20. The molecule has 0 fully saturated rings. The Morgan fingerprint density at radius 2 is 1.25 bits per heavy atom. The molecule has 1 heterocycles. The lowest BCUT2D eigenvalue weighted by Crippen LogP contribution is -2.37. The molecule has 2 heteroatoms. The first-order chi connectivity index (χ1) is 13.6. The molecule has 0 aliphatic carbocycles. The van der Waals surface area contributed by atoms with Crippen LogP contribution in [0.15, 0.2) is 78.9 Å². The zero-order chi connectivity index (χ0) is 19.7. The molecule has 0 saturated heterocycles. The Kier molecular flexibility index (Phi) is 4.79. The van der Waals surface area contributed by atoms with E-state index in [1.54, 1.807) is 0 Å². The van der Waals surface area contributed by atoms with E-state index in [0.29, 0.717) is 0 Å². The van der Waals surface area contributed by atoms with Crippen LogP contribution in [0.4, 0.5) is 0 Å². The van der Waals surface area contributed by atoms with Crippen LogP contribution < -0.4 is 4.57 Å². The number of hydrogen-bond donors (Lipinski definition) is 0. The van der Waals surface area contributed by atoms with E-state index in [-0.39, 0.29) is 0 Å². The van der Waals surface area contributed by atoms with Gasteiger partial charge in [-0.25, -0.2) is 4.98 Å². The Morgan fingerprint density at radius 1 is 0.643 bits per heavy atom. The summed E-state index contributed by atoms with van der Waals surface area (Å²) in [6.45, 7) is 6.42. The molecule has 0 atom stereocenters. The maximum Gasteiger partial charge on any atom is 0.239 e. The zero-order valence-electron chi connectivity index (χ0n) is 16.9. The van der Waals surface area contributed by atoms with Gasteiger partial charge >= 0.3 is 0 Å². The average Bonchev–Trinajstić information content (AvgIpc) is 2.72. The van der Waals surface area contributed by atoms with E-state index in [9.17, 15) is 0 Å². The van der Waals surface area contributed by atoms with Crippen LogP contribution in [0.3, 0.4) is 0 Å². The fourth-order valence-electron chi connectivity index (χ4n) is 3.66. The maximum atomic E-state index is 5.20. The maximum absolute atomic E-state index is 5.20. The lowest BCUT2D eigenvalue weighted by molar-refractivity contribution is -0.666. The van der Waals surface area contributed by atoms with Crippen molar-refractivity contribution in [3.63, 3.8) is 0 Å². The highest BCUT2D eigenvalue weighted by atomic mass is 15.0. The number of benzene rings is 3. The van der Waals surface area contributed by atoms with Crippen LogP contribution in [-0.4, -0.2) is 4.98 Å². The van der Waals surface area contributed by atoms with Gasteiger partial charge in [-0.1, -0.05) is 78.4 Å². The predicted molar refractivity (Wildman–Crippen MR) is 116 cm³/mol. The van der Waals surface area contributed by atoms with E-state index in [4.69, 9.17) is 4.98 Å². The first-order valence-corrected chi connectivity index (χ1v) is 9.65. The lowest BCUT2D eigenvalue weighted by atomic mass is 9.98. The van der Waals surface area contributed by atoms with Crippen LogP contribution in [0.25, 0.3) is 33.8 Å². The molecule has 0 aliphatic heterocycles. The minimum Gasteiger partial charge on any atom is -0.234 e. The van der Waals surface area contributed by atoms with Gasteiger partial charge in [0, 0.05) is 18.1 Å². The summed E-state index contributed by atoms with van der Waals surface area (Å²) < 4.78 is 2.28. The highest BCUT2D eigenvalue weighted by Crippen LogP contribution is 2.33. The summed E-state index contributed by atoms with van der Waals surface area (Å²) in [6, 6.07) is 27.6. The number of rotatable bonds is 3. The van der Waals surface area contributed by atoms with Gasteiger partial charge in [-0.05, 0) is 25.5 Å². The third kappa shape index (κ3) is 3.22. The normalized spacial score (nSPS) is 10.9. The molecular formula is C26H25N2+. The van der Waals surface area contributed by atoms with Gasteiger partial charge in [0.05, 0.1) is 5.56 Å². The fourth-order valence-corrected chi connectivity index (χ4v) is 3.66. The van der Waals surface area contributed by atoms with Crippen LogP contribution in [0.2, 0.25) is 0 Å². The molecule has 28 heavy (non-hydrogen) atoms. The van der Waals surface area contributed by atoms with Crippen molar-refractivity contribution in [3.8, 4) is 33.8 Å². The molecule has 138 valence electrons. The van der Waals surface area contributed by atoms with Crippen LogP contribution >= 0.6 is 0 Å². The monoisotopic (exact) mass is 365 g/mol. The molecule has 0 saturated carbocycles. The van der Waals surface area contributed by atoms with Gasteiger partial charge < -0.3 is 0 Å². The summed E-state index contributed by atoms with van der Waals surface area (Å²) >= 11 is 0. The van der Waals surface area contributed by atoms with Gasteiger partial charge in [-0.2, -0.15) is 4.57 Å². The molecule has 0 bridgehead atoms. The number of nitrogens with zero attached hydrogens (tertiary/aromatic N) is 2. The Morgan fingerprint density at radius 3 is 1.93 bits per heavy atom. The van der Waals surface area contributed by atoms with E-state index < -0.39 is 0 Å². The first-order valence-electron chi connectivity index (χ1n) is 9.65. The zero-order valence-corrected chi connectivity index (χ0v) is 16.9. The Bertz CT molecular complexity index is 1130. The average molecular weight is 366 g/mol. The van der Waals surface area contributed by atoms with Crippen molar-refractivity contribution in [2.24, 2.45) is 7.05 Å². The van der Waals surface area contributed by atoms with Gasteiger partial charge in [0.1, 0.15) is 18.4 Å². The summed E-state index contributed by atoms with van der Waals surface area (Å²) in [7, 11) is 2.14. The molecule has 0 spiro atoms. The Labute approximate surface area is 167 Å². The summed E-state index contributed by atoms with van der Waals surface area (Å²) in [5.74, 6) is 0. The second-order valence-electron chi connectivity index (χ2n) is 7.35. The standard InChI is InChI=1S/C26H25N2/c1-18-14-16-22(17-15-18)24-20(3)28(4)26(23-13-9-8-10-19(23)2)25(27-24)21-11-6-5-7-12-21/h5-17H,1-4H3/q+1. The fraction of sp³-hybridized carbons (Fsp3) is 0.154. The summed E-state index contributed by atoms with van der Waals surface area (Å²) in [5, 5.41) is 0. The molecule has 2 nitrogen and oxygen atoms in total. The minimum absolute atomic E-state index is 1.01. The third-order valence-corrected chi connectivity index (χ3v) is 5.40. The Hall–Kier alpha value is -3.26. The first kappa shape index (κ1) is 18.1. The van der Waals surface area contributed by atoms with Crippen molar-refractivity contribution in [2.75, 3.05) is 0 Å². The quantitative estimate of drug-likeness (QED) is 0.417. The summed E-state index contributed by atoms with van der Waals surface area (Å²) in [5.41, 5.74) is 10.3. The van der Waals surface area contributed by atoms with Crippen molar-refractivity contribution in [1.82, 2.24) is 4.98 Å². The van der Waals surface area contributed by atoms with E-state index in [1.165, 1.54) is 16.7 Å². The van der Waals surface area contributed by atoms with Gasteiger partial charge in [-0.15, -0.1) is 0 Å². The Balaban J connectivity index is 2.05. The molecule has 3 aromatic carbocycles. The lowest BCUT2D eigenvalue weighted by Gasteiger charge is -2.14. The van der Waals surface area contributed by atoms with Crippen LogP contribution in [0, 0.1) is 20.8 Å². The minimum atomic E-state index is 1.01. The second-order valence-corrected chi connectivity index (χ2v) is 7.35. The van der Waals surface area contributed by atoms with E-state index in [1.807, 2.05) is 6.07 Å². The van der Waals surface area contributed by atoms with Gasteiger partial charge in [-0.3, -0.25) is 0 Å². The molecule has 4 aromatic rings. The molecule has 1 aromatic heterocycles. The van der Waals surface area contributed by atoms with E-state index in [0.717, 1.165) is 33.9 Å². The number of aryl methyl sites for hydroxylation is 2. The summed E-state index contributed by atoms with van der Waals surface area (Å²) in [6.07, 6.45) is 0. The highest BCUT2D eigenvalue weighted by molar-refractivity contribution is 5.79. The SMILES string of the molecule is Cc1ccc(-c2nc(-c3ccccc3)c(-c3ccccc3C)[n+](C)c2C)cc1. The highest BCUT2D eigenvalue weighted by Gasteiger charge is 2.26. The molecule has 0 N–H and O–H groups in total.